The van der Waals surface area contributed by atoms with Crippen molar-refractivity contribution in [3.8, 4) is 11.3 Å². The molecule has 4 nitrogen and oxygen atoms in total. The van der Waals surface area contributed by atoms with E-state index in [1.54, 1.807) is 12.4 Å². The zero-order chi connectivity index (χ0) is 13.8. The van der Waals surface area contributed by atoms with E-state index in [1.807, 2.05) is 24.4 Å². The van der Waals surface area contributed by atoms with Gasteiger partial charge in [0.2, 0.25) is 0 Å². The van der Waals surface area contributed by atoms with Crippen molar-refractivity contribution in [1.82, 2.24) is 15.0 Å². The number of nitrogens with zero attached hydrogens (tertiary/aromatic N) is 3. The van der Waals surface area contributed by atoms with Gasteiger partial charge < -0.3 is 5.32 Å². The molecular formula is C16H16N4. The topological polar surface area (TPSA) is 50.7 Å². The molecule has 0 fully saturated rings. The van der Waals surface area contributed by atoms with Crippen molar-refractivity contribution in [3.05, 3.63) is 48.9 Å². The second kappa shape index (κ2) is 5.65. The van der Waals surface area contributed by atoms with Crippen molar-refractivity contribution < 1.29 is 0 Å². The Hall–Kier alpha value is -2.49. The molecule has 2 aromatic heterocycles. The van der Waals surface area contributed by atoms with E-state index in [4.69, 9.17) is 0 Å². The summed E-state index contributed by atoms with van der Waals surface area (Å²) in [6, 6.07) is 10.2. The Balaban J connectivity index is 1.97. The van der Waals surface area contributed by atoms with Crippen LogP contribution in [-0.4, -0.2) is 21.5 Å². The second-order valence-electron chi connectivity index (χ2n) is 4.63. The molecule has 0 bridgehead atoms. The van der Waals surface area contributed by atoms with Crippen LogP contribution in [0.3, 0.4) is 0 Å². The summed E-state index contributed by atoms with van der Waals surface area (Å²) in [5, 5.41) is 4.36. The van der Waals surface area contributed by atoms with Gasteiger partial charge in [0.25, 0.3) is 0 Å². The fraction of sp³-hybridized carbons (Fsp3) is 0.188. The predicted molar refractivity (Wildman–Crippen MR) is 81.5 cm³/mol. The molecule has 3 rings (SSSR count). The van der Waals surface area contributed by atoms with Crippen LogP contribution in [0.15, 0.2) is 48.9 Å². The maximum Gasteiger partial charge on any atom is 0.145 e. The first-order valence-electron chi connectivity index (χ1n) is 6.78. The van der Waals surface area contributed by atoms with Gasteiger partial charge in [-0.2, -0.15) is 0 Å². The van der Waals surface area contributed by atoms with Gasteiger partial charge in [-0.25, -0.2) is 4.98 Å². The first-order chi connectivity index (χ1) is 9.86. The Bertz CT molecular complexity index is 724. The molecule has 0 aliphatic heterocycles. The van der Waals surface area contributed by atoms with E-state index in [0.717, 1.165) is 40.9 Å². The monoisotopic (exact) mass is 264 g/mol. The maximum atomic E-state index is 4.57. The predicted octanol–water partition coefficient (Wildman–Crippen LogP) is 3.51. The molecule has 4 heteroatoms. The maximum absolute atomic E-state index is 4.57. The summed E-state index contributed by atoms with van der Waals surface area (Å²) in [5.41, 5.74) is 2.81. The van der Waals surface area contributed by atoms with E-state index in [-0.39, 0.29) is 0 Å². The van der Waals surface area contributed by atoms with Gasteiger partial charge in [-0.05, 0) is 18.6 Å². The first kappa shape index (κ1) is 12.5. The Morgan fingerprint density at radius 1 is 1.10 bits per heavy atom. The molecule has 0 saturated carbocycles. The minimum absolute atomic E-state index is 0.803. The molecule has 0 radical (unpaired) electrons. The van der Waals surface area contributed by atoms with Gasteiger partial charge in [0, 0.05) is 23.7 Å². The molecule has 0 atom stereocenters. The normalized spacial score (nSPS) is 10.7. The molecule has 0 unspecified atom stereocenters. The second-order valence-corrected chi connectivity index (χ2v) is 4.63. The Labute approximate surface area is 117 Å². The number of nitrogens with one attached hydrogen (secondary N) is 1. The van der Waals surface area contributed by atoms with Crippen LogP contribution in [0.2, 0.25) is 0 Å². The average molecular weight is 264 g/mol. The van der Waals surface area contributed by atoms with E-state index < -0.39 is 0 Å². The lowest BCUT2D eigenvalue weighted by molar-refractivity contribution is 0.965. The number of aromatic nitrogens is 3. The van der Waals surface area contributed by atoms with E-state index in [9.17, 15) is 0 Å². The van der Waals surface area contributed by atoms with Crippen molar-refractivity contribution in [2.24, 2.45) is 0 Å². The highest BCUT2D eigenvalue weighted by Gasteiger charge is 2.04. The minimum atomic E-state index is 0.803. The van der Waals surface area contributed by atoms with Crippen LogP contribution in [0.1, 0.15) is 13.3 Å². The summed E-state index contributed by atoms with van der Waals surface area (Å²) in [6.45, 7) is 3.02. The molecule has 2 heterocycles. The third kappa shape index (κ3) is 2.59. The Morgan fingerprint density at radius 3 is 2.90 bits per heavy atom. The van der Waals surface area contributed by atoms with E-state index >= 15 is 0 Å². The number of rotatable bonds is 4. The summed E-state index contributed by atoms with van der Waals surface area (Å²) >= 11 is 0. The fourth-order valence-electron chi connectivity index (χ4n) is 2.05. The van der Waals surface area contributed by atoms with Crippen molar-refractivity contribution in [1.29, 1.82) is 0 Å². The van der Waals surface area contributed by atoms with E-state index in [1.165, 1.54) is 0 Å². The molecule has 1 aromatic carbocycles. The van der Waals surface area contributed by atoms with Gasteiger partial charge >= 0.3 is 0 Å². The van der Waals surface area contributed by atoms with E-state index in [0.29, 0.717) is 0 Å². The van der Waals surface area contributed by atoms with Crippen molar-refractivity contribution in [2.45, 2.75) is 13.3 Å². The Kier molecular flexibility index (Phi) is 3.54. The fourth-order valence-corrected chi connectivity index (χ4v) is 2.05. The molecule has 20 heavy (non-hydrogen) atoms. The third-order valence-electron chi connectivity index (χ3n) is 3.08. The molecule has 0 spiro atoms. The highest BCUT2D eigenvalue weighted by Crippen LogP contribution is 2.21. The Morgan fingerprint density at radius 2 is 2.00 bits per heavy atom. The summed E-state index contributed by atoms with van der Waals surface area (Å²) in [6.07, 6.45) is 6.41. The minimum Gasteiger partial charge on any atom is -0.369 e. The first-order valence-corrected chi connectivity index (χ1v) is 6.78. The van der Waals surface area contributed by atoms with Crippen molar-refractivity contribution in [2.75, 3.05) is 11.9 Å². The number of benzene rings is 1. The van der Waals surface area contributed by atoms with Crippen LogP contribution in [0.25, 0.3) is 22.2 Å². The van der Waals surface area contributed by atoms with Crippen LogP contribution >= 0.6 is 0 Å². The number of hydrogen-bond donors (Lipinski definition) is 1. The summed E-state index contributed by atoms with van der Waals surface area (Å²) < 4.78 is 0. The largest absolute Gasteiger partial charge is 0.369 e. The van der Waals surface area contributed by atoms with Gasteiger partial charge in [-0.1, -0.05) is 25.1 Å². The number of fused-ring (bicyclic) bond motifs is 1. The number of pyridine rings is 1. The molecule has 0 aliphatic carbocycles. The lowest BCUT2D eigenvalue weighted by atomic mass is 10.1. The summed E-state index contributed by atoms with van der Waals surface area (Å²) in [4.78, 5) is 13.3. The van der Waals surface area contributed by atoms with E-state index in [2.05, 4.69) is 39.3 Å². The lowest BCUT2D eigenvalue weighted by Crippen LogP contribution is -2.02. The molecule has 3 aromatic rings. The van der Waals surface area contributed by atoms with Crippen molar-refractivity contribution >= 4 is 16.7 Å². The molecule has 100 valence electrons. The van der Waals surface area contributed by atoms with Gasteiger partial charge in [0.15, 0.2) is 0 Å². The average Bonchev–Trinajstić information content (AvgIpc) is 2.53. The van der Waals surface area contributed by atoms with Gasteiger partial charge in [-0.15, -0.1) is 0 Å². The number of hydrogen-bond acceptors (Lipinski definition) is 4. The van der Waals surface area contributed by atoms with Crippen LogP contribution in [-0.2, 0) is 0 Å². The van der Waals surface area contributed by atoms with Crippen LogP contribution in [0, 0.1) is 0 Å². The molecular weight excluding hydrogens is 248 g/mol. The zero-order valence-corrected chi connectivity index (χ0v) is 11.4. The van der Waals surface area contributed by atoms with Crippen LogP contribution in [0.4, 0.5) is 5.82 Å². The molecule has 0 saturated heterocycles. The summed E-state index contributed by atoms with van der Waals surface area (Å²) in [7, 11) is 0. The summed E-state index contributed by atoms with van der Waals surface area (Å²) in [5.74, 6) is 0.803. The zero-order valence-electron chi connectivity index (χ0n) is 11.4. The number of para-hydroxylation sites is 1. The molecule has 0 aliphatic rings. The quantitative estimate of drug-likeness (QED) is 0.783. The van der Waals surface area contributed by atoms with Gasteiger partial charge in [0.1, 0.15) is 5.82 Å². The lowest BCUT2D eigenvalue weighted by Gasteiger charge is -2.06. The highest BCUT2D eigenvalue weighted by atomic mass is 15.0. The van der Waals surface area contributed by atoms with Gasteiger partial charge in [-0.3, -0.25) is 9.97 Å². The van der Waals surface area contributed by atoms with Crippen molar-refractivity contribution in [3.63, 3.8) is 0 Å². The van der Waals surface area contributed by atoms with Crippen LogP contribution < -0.4 is 5.32 Å². The number of anilines is 1. The van der Waals surface area contributed by atoms with Gasteiger partial charge in [0.05, 0.1) is 23.6 Å². The SMILES string of the molecule is CCCNc1cncc(-c2cnc3ccccc3c2)n1. The molecule has 1 N–H and O–H groups in total. The van der Waals surface area contributed by atoms with Crippen LogP contribution in [0.5, 0.6) is 0 Å². The smallest absolute Gasteiger partial charge is 0.145 e. The highest BCUT2D eigenvalue weighted by molar-refractivity contribution is 5.82. The standard InChI is InChI=1S/C16H16N4/c1-2-7-18-16-11-17-10-15(20-16)13-8-12-5-3-4-6-14(12)19-9-13/h3-6,8-11H,2,7H2,1H3,(H,18,20). The molecule has 0 amide bonds. The third-order valence-corrected chi connectivity index (χ3v) is 3.08.